The predicted molar refractivity (Wildman–Crippen MR) is 78.5 cm³/mol. The Morgan fingerprint density at radius 1 is 1.29 bits per heavy atom. The van der Waals surface area contributed by atoms with Crippen LogP contribution in [0.25, 0.3) is 0 Å². The Morgan fingerprint density at radius 3 is 2.62 bits per heavy atom. The molecule has 0 aliphatic carbocycles. The lowest BCUT2D eigenvalue weighted by Crippen LogP contribution is -2.17. The maximum atomic E-state index is 14.1. The molecule has 21 heavy (non-hydrogen) atoms. The van der Waals surface area contributed by atoms with E-state index in [1.54, 1.807) is 0 Å². The van der Waals surface area contributed by atoms with Crippen molar-refractivity contribution >= 4 is 5.84 Å². The number of oxime groups is 1. The molecule has 0 fully saturated rings. The zero-order valence-electron chi connectivity index (χ0n) is 11.5. The van der Waals surface area contributed by atoms with Gasteiger partial charge in [0, 0.05) is 11.8 Å². The first-order valence-corrected chi connectivity index (χ1v) is 6.39. The molecule has 106 valence electrons. The first kappa shape index (κ1) is 14.5. The molecular weight excluding hydrogens is 269 g/mol. The van der Waals surface area contributed by atoms with Gasteiger partial charge in [-0.3, -0.25) is 0 Å². The monoisotopic (exact) mass is 283 g/mol. The lowest BCUT2D eigenvalue weighted by Gasteiger charge is -2.01. The molecule has 2 rings (SSSR count). The van der Waals surface area contributed by atoms with E-state index in [1.165, 1.54) is 17.8 Å². The van der Waals surface area contributed by atoms with Crippen LogP contribution in [0.2, 0.25) is 0 Å². The summed E-state index contributed by atoms with van der Waals surface area (Å²) in [5, 5.41) is 11.3. The van der Waals surface area contributed by atoms with Crippen LogP contribution in [0.4, 0.5) is 4.39 Å². The molecule has 0 saturated heterocycles. The number of hydrogen-bond acceptors (Lipinski definition) is 3. The molecule has 2 aromatic rings. The summed E-state index contributed by atoms with van der Waals surface area (Å²) in [5.41, 5.74) is 7.28. The molecular formula is C16H14FN3O. The predicted octanol–water partition coefficient (Wildman–Crippen LogP) is 2.28. The number of amidine groups is 1. The molecule has 4 nitrogen and oxygen atoms in total. The number of nitrogens with two attached hydrogens (primary N) is 1. The van der Waals surface area contributed by atoms with Gasteiger partial charge in [-0.1, -0.05) is 36.1 Å². The first-order valence-electron chi connectivity index (χ1n) is 6.39. The Labute approximate surface area is 122 Å². The van der Waals surface area contributed by atoms with E-state index in [-0.39, 0.29) is 17.1 Å². The SMILES string of the molecule is CCc1ccc(C#Cc2ccnc(C(N)=NO)c2F)cc1. The lowest BCUT2D eigenvalue weighted by atomic mass is 10.1. The minimum atomic E-state index is -0.703. The molecule has 5 heteroatoms. The van der Waals surface area contributed by atoms with Crippen LogP contribution in [-0.4, -0.2) is 16.0 Å². The van der Waals surface area contributed by atoms with Crippen LogP contribution < -0.4 is 5.73 Å². The third-order valence-electron chi connectivity index (χ3n) is 2.94. The Kier molecular flexibility index (Phi) is 4.52. The standard InChI is InChI=1S/C16H14FN3O/c1-2-11-3-5-12(6-4-11)7-8-13-9-10-19-15(14(13)17)16(18)20-21/h3-6,9-10,21H,2H2,1H3,(H2,18,20). The lowest BCUT2D eigenvalue weighted by molar-refractivity contribution is 0.318. The zero-order chi connectivity index (χ0) is 15.2. The van der Waals surface area contributed by atoms with Crippen LogP contribution in [0, 0.1) is 17.7 Å². The van der Waals surface area contributed by atoms with Crippen LogP contribution in [0.1, 0.15) is 29.3 Å². The molecule has 0 spiro atoms. The first-order chi connectivity index (χ1) is 10.2. The van der Waals surface area contributed by atoms with Gasteiger partial charge in [0.25, 0.3) is 0 Å². The van der Waals surface area contributed by atoms with Crippen molar-refractivity contribution in [3.63, 3.8) is 0 Å². The van der Waals surface area contributed by atoms with Crippen molar-refractivity contribution in [2.75, 3.05) is 0 Å². The van der Waals surface area contributed by atoms with Gasteiger partial charge in [-0.2, -0.15) is 0 Å². The Morgan fingerprint density at radius 2 is 2.00 bits per heavy atom. The van der Waals surface area contributed by atoms with Crippen molar-refractivity contribution in [2.24, 2.45) is 10.9 Å². The van der Waals surface area contributed by atoms with Crippen LogP contribution in [-0.2, 0) is 6.42 Å². The highest BCUT2D eigenvalue weighted by Gasteiger charge is 2.11. The zero-order valence-corrected chi connectivity index (χ0v) is 11.5. The fourth-order valence-corrected chi connectivity index (χ4v) is 1.73. The van der Waals surface area contributed by atoms with Crippen molar-refractivity contribution in [3.8, 4) is 11.8 Å². The summed E-state index contributed by atoms with van der Waals surface area (Å²) in [7, 11) is 0. The second-order valence-corrected chi connectivity index (χ2v) is 4.31. The van der Waals surface area contributed by atoms with Crippen LogP contribution in [0.5, 0.6) is 0 Å². The van der Waals surface area contributed by atoms with Gasteiger partial charge in [0.2, 0.25) is 0 Å². The number of hydrogen-bond donors (Lipinski definition) is 2. The largest absolute Gasteiger partial charge is 0.409 e. The van der Waals surface area contributed by atoms with E-state index < -0.39 is 5.82 Å². The van der Waals surface area contributed by atoms with Crippen molar-refractivity contribution in [1.29, 1.82) is 0 Å². The van der Waals surface area contributed by atoms with E-state index in [0.29, 0.717) is 0 Å². The van der Waals surface area contributed by atoms with Gasteiger partial charge in [-0.05, 0) is 30.2 Å². The molecule has 0 aliphatic rings. The Bertz CT molecular complexity index is 727. The summed E-state index contributed by atoms with van der Waals surface area (Å²) in [6, 6.07) is 9.17. The van der Waals surface area contributed by atoms with Crippen molar-refractivity contribution < 1.29 is 9.60 Å². The number of benzene rings is 1. The van der Waals surface area contributed by atoms with Crippen molar-refractivity contribution in [3.05, 3.63) is 64.7 Å². The van der Waals surface area contributed by atoms with Crippen LogP contribution >= 0.6 is 0 Å². The highest BCUT2D eigenvalue weighted by Crippen LogP contribution is 2.10. The van der Waals surface area contributed by atoms with E-state index in [0.717, 1.165) is 12.0 Å². The number of halogens is 1. The van der Waals surface area contributed by atoms with Crippen LogP contribution in [0.3, 0.4) is 0 Å². The topological polar surface area (TPSA) is 71.5 Å². The second-order valence-electron chi connectivity index (χ2n) is 4.31. The summed E-state index contributed by atoms with van der Waals surface area (Å²) >= 11 is 0. The summed E-state index contributed by atoms with van der Waals surface area (Å²) < 4.78 is 14.1. The molecule has 0 aliphatic heterocycles. The van der Waals surface area contributed by atoms with E-state index in [1.807, 2.05) is 24.3 Å². The highest BCUT2D eigenvalue weighted by atomic mass is 19.1. The number of pyridine rings is 1. The maximum absolute atomic E-state index is 14.1. The Balaban J connectivity index is 2.34. The molecule has 1 aromatic heterocycles. The fraction of sp³-hybridized carbons (Fsp3) is 0.125. The molecule has 3 N–H and O–H groups in total. The van der Waals surface area contributed by atoms with Gasteiger partial charge in [0.1, 0.15) is 5.69 Å². The normalized spacial score (nSPS) is 10.9. The second kappa shape index (κ2) is 6.53. The van der Waals surface area contributed by atoms with Gasteiger partial charge in [0.15, 0.2) is 11.7 Å². The van der Waals surface area contributed by atoms with Crippen LogP contribution in [0.15, 0.2) is 41.7 Å². The average Bonchev–Trinajstić information content (AvgIpc) is 2.53. The van der Waals surface area contributed by atoms with E-state index in [2.05, 4.69) is 28.9 Å². The van der Waals surface area contributed by atoms with E-state index in [9.17, 15) is 4.39 Å². The molecule has 0 saturated carbocycles. The third-order valence-corrected chi connectivity index (χ3v) is 2.94. The minimum absolute atomic E-state index is 0.145. The summed E-state index contributed by atoms with van der Waals surface area (Å²) in [6.07, 6.45) is 2.32. The molecule has 0 unspecified atom stereocenters. The van der Waals surface area contributed by atoms with E-state index in [4.69, 9.17) is 10.9 Å². The number of nitrogens with zero attached hydrogens (tertiary/aromatic N) is 2. The molecule has 0 atom stereocenters. The molecule has 0 radical (unpaired) electrons. The van der Waals surface area contributed by atoms with Crippen molar-refractivity contribution in [2.45, 2.75) is 13.3 Å². The fourth-order valence-electron chi connectivity index (χ4n) is 1.73. The summed E-state index contributed by atoms with van der Waals surface area (Å²) in [6.45, 7) is 2.07. The van der Waals surface area contributed by atoms with E-state index >= 15 is 0 Å². The Hall–Kier alpha value is -2.87. The average molecular weight is 283 g/mol. The van der Waals surface area contributed by atoms with Gasteiger partial charge in [-0.25, -0.2) is 9.37 Å². The summed E-state index contributed by atoms with van der Waals surface area (Å²) in [4.78, 5) is 3.73. The molecule has 0 amide bonds. The van der Waals surface area contributed by atoms with Crippen molar-refractivity contribution in [1.82, 2.24) is 4.98 Å². The number of aryl methyl sites for hydroxylation is 1. The van der Waals surface area contributed by atoms with Gasteiger partial charge in [0.05, 0.1) is 5.56 Å². The quantitative estimate of drug-likeness (QED) is 0.292. The maximum Gasteiger partial charge on any atom is 0.191 e. The summed E-state index contributed by atoms with van der Waals surface area (Å²) in [5.74, 6) is 4.52. The third kappa shape index (κ3) is 3.37. The van der Waals surface area contributed by atoms with Gasteiger partial charge < -0.3 is 10.9 Å². The number of aromatic nitrogens is 1. The smallest absolute Gasteiger partial charge is 0.191 e. The molecule has 1 aromatic carbocycles. The minimum Gasteiger partial charge on any atom is -0.409 e. The molecule has 0 bridgehead atoms. The van der Waals surface area contributed by atoms with Gasteiger partial charge in [-0.15, -0.1) is 0 Å². The highest BCUT2D eigenvalue weighted by molar-refractivity contribution is 5.95. The van der Waals surface area contributed by atoms with Gasteiger partial charge >= 0.3 is 0 Å². The molecule has 1 heterocycles. The number of rotatable bonds is 2.